The Labute approximate surface area is 179 Å². The summed E-state index contributed by atoms with van der Waals surface area (Å²) in [6.45, 7) is 1.26. The van der Waals surface area contributed by atoms with E-state index in [1.807, 2.05) is 12.1 Å². The van der Waals surface area contributed by atoms with Crippen LogP contribution in [-0.4, -0.2) is 48.7 Å². The Kier molecular flexibility index (Phi) is 6.14. The highest BCUT2D eigenvalue weighted by atomic mass is 35.5. The number of benzene rings is 2. The zero-order valence-electron chi connectivity index (χ0n) is 16.1. The number of rotatable bonds is 10. The lowest BCUT2D eigenvalue weighted by Crippen LogP contribution is -2.26. The first-order chi connectivity index (χ1) is 14.4. The number of aromatic nitrogens is 2. The van der Waals surface area contributed by atoms with Gasteiger partial charge in [-0.05, 0) is 42.7 Å². The van der Waals surface area contributed by atoms with Crippen LogP contribution in [0.25, 0.3) is 10.9 Å². The summed E-state index contributed by atoms with van der Waals surface area (Å²) >= 11 is 5.98. The first kappa shape index (κ1) is 20.9. The topological polar surface area (TPSA) is 116 Å². The summed E-state index contributed by atoms with van der Waals surface area (Å²) in [5.41, 5.74) is 1.84. The molecular formula is C20H23ClN4O4S. The minimum atomic E-state index is -3.32. The van der Waals surface area contributed by atoms with Crippen molar-refractivity contribution < 1.29 is 18.3 Å². The molecule has 3 aromatic rings. The van der Waals surface area contributed by atoms with Crippen LogP contribution in [0.1, 0.15) is 24.5 Å². The van der Waals surface area contributed by atoms with E-state index >= 15 is 0 Å². The molecule has 8 nitrogen and oxygen atoms in total. The Balaban J connectivity index is 1.23. The van der Waals surface area contributed by atoms with Gasteiger partial charge in [-0.25, -0.2) is 8.42 Å². The van der Waals surface area contributed by atoms with Gasteiger partial charge in [0.2, 0.25) is 10.0 Å². The summed E-state index contributed by atoms with van der Waals surface area (Å²) in [6.07, 6.45) is 0.637. The van der Waals surface area contributed by atoms with E-state index in [9.17, 15) is 13.5 Å². The summed E-state index contributed by atoms with van der Waals surface area (Å²) in [5.74, 6) is 0.684. The Hall–Kier alpha value is -2.33. The molecule has 4 rings (SSSR count). The van der Waals surface area contributed by atoms with Gasteiger partial charge in [-0.2, -0.15) is 5.10 Å². The van der Waals surface area contributed by atoms with Crippen molar-refractivity contribution >= 4 is 38.2 Å². The minimum Gasteiger partial charge on any atom is -0.492 e. The largest absolute Gasteiger partial charge is 0.492 e. The number of H-pyrrole nitrogens is 1. The zero-order chi connectivity index (χ0) is 21.1. The van der Waals surface area contributed by atoms with E-state index in [0.717, 1.165) is 10.9 Å². The lowest BCUT2D eigenvalue weighted by molar-refractivity contribution is 0.172. The van der Waals surface area contributed by atoms with Crippen molar-refractivity contribution in [2.45, 2.75) is 24.2 Å². The predicted molar refractivity (Wildman–Crippen MR) is 116 cm³/mol. The Morgan fingerprint density at radius 1 is 1.27 bits per heavy atom. The number of anilines is 1. The number of fused-ring (bicyclic) bond motifs is 1. The smallest absolute Gasteiger partial charge is 0.235 e. The van der Waals surface area contributed by atoms with Crippen LogP contribution in [0, 0.1) is 0 Å². The molecule has 0 amide bonds. The van der Waals surface area contributed by atoms with Crippen LogP contribution >= 0.6 is 11.6 Å². The molecule has 0 aliphatic heterocycles. The second-order valence-corrected chi connectivity index (χ2v) is 9.60. The van der Waals surface area contributed by atoms with Crippen molar-refractivity contribution in [1.82, 2.24) is 15.5 Å². The predicted octanol–water partition coefficient (Wildman–Crippen LogP) is 2.82. The second kappa shape index (κ2) is 8.81. The molecule has 1 saturated carbocycles. The standard InChI is InChI=1S/C20H23ClN4O4S/c21-20-17-7-4-15(11-18(17)23-24-20)29-9-8-22-12-19(26)13-2-1-3-14(10-13)25-30(27,28)16-5-6-16/h1-4,7,10-11,16,19,22,25-26H,5-6,8-9,12H2,(H,23,24). The number of aromatic amines is 1. The van der Waals surface area contributed by atoms with E-state index in [0.29, 0.717) is 54.7 Å². The maximum Gasteiger partial charge on any atom is 0.235 e. The Morgan fingerprint density at radius 3 is 2.90 bits per heavy atom. The van der Waals surface area contributed by atoms with E-state index in [1.165, 1.54) is 0 Å². The molecule has 1 aromatic heterocycles. The highest BCUT2D eigenvalue weighted by Gasteiger charge is 2.35. The highest BCUT2D eigenvalue weighted by Crippen LogP contribution is 2.30. The van der Waals surface area contributed by atoms with Crippen molar-refractivity contribution in [2.75, 3.05) is 24.4 Å². The first-order valence-corrected chi connectivity index (χ1v) is 11.6. The fourth-order valence-corrected chi connectivity index (χ4v) is 4.66. The molecule has 4 N–H and O–H groups in total. The molecule has 1 aliphatic rings. The average molecular weight is 451 g/mol. The van der Waals surface area contributed by atoms with Gasteiger partial charge in [0, 0.05) is 30.2 Å². The van der Waals surface area contributed by atoms with Crippen molar-refractivity contribution in [1.29, 1.82) is 0 Å². The molecule has 160 valence electrons. The fourth-order valence-electron chi connectivity index (χ4n) is 3.08. The molecule has 1 aliphatic carbocycles. The molecule has 0 bridgehead atoms. The number of ether oxygens (including phenoxy) is 1. The molecule has 0 spiro atoms. The summed E-state index contributed by atoms with van der Waals surface area (Å²) in [7, 11) is -3.32. The fraction of sp³-hybridized carbons (Fsp3) is 0.350. The van der Waals surface area contributed by atoms with Gasteiger partial charge in [-0.15, -0.1) is 0 Å². The second-order valence-electron chi connectivity index (χ2n) is 7.26. The van der Waals surface area contributed by atoms with E-state index in [2.05, 4.69) is 20.2 Å². The van der Waals surface area contributed by atoms with E-state index in [4.69, 9.17) is 16.3 Å². The third-order valence-electron chi connectivity index (χ3n) is 4.86. The number of nitrogens with zero attached hydrogens (tertiary/aromatic N) is 1. The van der Waals surface area contributed by atoms with Crippen LogP contribution in [0.15, 0.2) is 42.5 Å². The van der Waals surface area contributed by atoms with Crippen molar-refractivity contribution in [3.63, 3.8) is 0 Å². The normalized spacial score (nSPS) is 15.3. The number of sulfonamides is 1. The van der Waals surface area contributed by atoms with Crippen LogP contribution in [-0.2, 0) is 10.0 Å². The molecule has 0 saturated heterocycles. The van der Waals surface area contributed by atoms with Crippen LogP contribution in [0.2, 0.25) is 5.15 Å². The summed E-state index contributed by atoms with van der Waals surface area (Å²) in [6, 6.07) is 12.3. The minimum absolute atomic E-state index is 0.293. The number of hydrogen-bond acceptors (Lipinski definition) is 6. The lowest BCUT2D eigenvalue weighted by atomic mass is 10.1. The van der Waals surface area contributed by atoms with E-state index in [1.54, 1.807) is 30.3 Å². The molecule has 1 fully saturated rings. The third-order valence-corrected chi connectivity index (χ3v) is 7.02. The Morgan fingerprint density at radius 2 is 2.10 bits per heavy atom. The average Bonchev–Trinajstić information content (AvgIpc) is 3.53. The lowest BCUT2D eigenvalue weighted by Gasteiger charge is -2.14. The molecule has 2 aromatic carbocycles. The molecule has 1 unspecified atom stereocenters. The highest BCUT2D eigenvalue weighted by molar-refractivity contribution is 7.93. The maximum atomic E-state index is 12.1. The van der Waals surface area contributed by atoms with Crippen LogP contribution < -0.4 is 14.8 Å². The maximum absolute atomic E-state index is 12.1. The third kappa shape index (κ3) is 5.04. The van der Waals surface area contributed by atoms with Gasteiger partial charge < -0.3 is 15.2 Å². The van der Waals surface area contributed by atoms with Gasteiger partial charge in [-0.1, -0.05) is 23.7 Å². The van der Waals surface area contributed by atoms with Crippen molar-refractivity contribution in [2.24, 2.45) is 0 Å². The van der Waals surface area contributed by atoms with Gasteiger partial charge in [0.05, 0.1) is 16.9 Å². The van der Waals surface area contributed by atoms with Crippen LogP contribution in [0.3, 0.4) is 0 Å². The number of halogens is 1. The van der Waals surface area contributed by atoms with Gasteiger partial charge in [0.15, 0.2) is 0 Å². The van der Waals surface area contributed by atoms with Crippen molar-refractivity contribution in [3.8, 4) is 5.75 Å². The number of aliphatic hydroxyl groups excluding tert-OH is 1. The van der Waals surface area contributed by atoms with Gasteiger partial charge in [0.25, 0.3) is 0 Å². The molecule has 0 radical (unpaired) electrons. The zero-order valence-corrected chi connectivity index (χ0v) is 17.7. The number of hydrogen-bond donors (Lipinski definition) is 4. The number of aliphatic hydroxyl groups is 1. The van der Waals surface area contributed by atoms with Gasteiger partial charge in [-0.3, -0.25) is 9.82 Å². The molecule has 30 heavy (non-hydrogen) atoms. The summed E-state index contributed by atoms with van der Waals surface area (Å²) < 4.78 is 32.4. The van der Waals surface area contributed by atoms with E-state index < -0.39 is 16.1 Å². The first-order valence-electron chi connectivity index (χ1n) is 9.69. The monoisotopic (exact) mass is 450 g/mol. The molecular weight excluding hydrogens is 428 g/mol. The van der Waals surface area contributed by atoms with Gasteiger partial charge in [0.1, 0.15) is 17.5 Å². The molecule has 1 atom stereocenters. The summed E-state index contributed by atoms with van der Waals surface area (Å²) in [4.78, 5) is 0. The molecule has 10 heteroatoms. The number of nitrogens with one attached hydrogen (secondary N) is 3. The Bertz CT molecular complexity index is 1130. The van der Waals surface area contributed by atoms with E-state index in [-0.39, 0.29) is 5.25 Å². The van der Waals surface area contributed by atoms with Crippen molar-refractivity contribution in [3.05, 3.63) is 53.2 Å². The van der Waals surface area contributed by atoms with Gasteiger partial charge >= 0.3 is 0 Å². The van der Waals surface area contributed by atoms with Crippen LogP contribution in [0.4, 0.5) is 5.69 Å². The summed E-state index contributed by atoms with van der Waals surface area (Å²) in [5, 5.41) is 21.4. The van der Waals surface area contributed by atoms with Crippen LogP contribution in [0.5, 0.6) is 5.75 Å². The SMILES string of the molecule is O=S(=O)(Nc1cccc(C(O)CNCCOc2ccc3c(Cl)[nH]nc3c2)c1)C1CC1. The molecule has 1 heterocycles. The quantitative estimate of drug-likeness (QED) is 0.353.